The third kappa shape index (κ3) is 2.12. The summed E-state index contributed by atoms with van der Waals surface area (Å²) in [5, 5.41) is 0. The molecule has 0 aliphatic heterocycles. The van der Waals surface area contributed by atoms with E-state index in [1.54, 1.807) is 0 Å². The standard InChI is InChI=1S/C17H18/c1-2-4-8-14(9-5-3-1)17-13-12-15-10-6-7-11-16(15)17/h4,6-13,17H,1-3,5H2/b8-4-,14-9?. The Bertz CT molecular complexity index is 489. The molecule has 17 heavy (non-hydrogen) atoms. The summed E-state index contributed by atoms with van der Waals surface area (Å²) in [6.45, 7) is 0. The van der Waals surface area contributed by atoms with Crippen LogP contribution in [0.4, 0.5) is 0 Å². The molecule has 0 nitrogen and oxygen atoms in total. The van der Waals surface area contributed by atoms with Gasteiger partial charge in [0.1, 0.15) is 0 Å². The zero-order valence-corrected chi connectivity index (χ0v) is 10.1. The van der Waals surface area contributed by atoms with Gasteiger partial charge in [-0.25, -0.2) is 0 Å². The van der Waals surface area contributed by atoms with E-state index in [2.05, 4.69) is 54.6 Å². The lowest BCUT2D eigenvalue weighted by atomic mass is 9.90. The largest absolute Gasteiger partial charge is 0.0842 e. The Balaban J connectivity index is 1.93. The fourth-order valence-corrected chi connectivity index (χ4v) is 2.73. The molecule has 0 fully saturated rings. The first-order valence-electron chi connectivity index (χ1n) is 6.59. The first-order valence-corrected chi connectivity index (χ1v) is 6.59. The topological polar surface area (TPSA) is 0 Å². The van der Waals surface area contributed by atoms with Crippen LogP contribution < -0.4 is 0 Å². The average Bonchev–Trinajstić information content (AvgIpc) is 2.73. The zero-order chi connectivity index (χ0) is 11.5. The highest BCUT2D eigenvalue weighted by Gasteiger charge is 2.18. The van der Waals surface area contributed by atoms with Gasteiger partial charge in [0, 0.05) is 5.92 Å². The zero-order valence-electron chi connectivity index (χ0n) is 10.1. The van der Waals surface area contributed by atoms with Gasteiger partial charge in [-0.15, -0.1) is 0 Å². The number of hydrogen-bond acceptors (Lipinski definition) is 0. The summed E-state index contributed by atoms with van der Waals surface area (Å²) in [4.78, 5) is 0. The Morgan fingerprint density at radius 1 is 0.941 bits per heavy atom. The SMILES string of the molecule is C1=CC(C2=CCCCC/C=C\2)c2ccccc21. The van der Waals surface area contributed by atoms with E-state index >= 15 is 0 Å². The molecule has 1 aromatic rings. The quantitative estimate of drug-likeness (QED) is 0.637. The van der Waals surface area contributed by atoms with Gasteiger partial charge >= 0.3 is 0 Å². The number of fused-ring (bicyclic) bond motifs is 1. The van der Waals surface area contributed by atoms with Crippen LogP contribution in [0.1, 0.15) is 42.7 Å². The molecule has 0 radical (unpaired) electrons. The molecule has 2 aliphatic rings. The Morgan fingerprint density at radius 2 is 1.82 bits per heavy atom. The molecule has 1 unspecified atom stereocenters. The second kappa shape index (κ2) is 4.75. The highest BCUT2D eigenvalue weighted by atomic mass is 14.2. The molecule has 0 saturated heterocycles. The number of rotatable bonds is 1. The summed E-state index contributed by atoms with van der Waals surface area (Å²) in [7, 11) is 0. The van der Waals surface area contributed by atoms with Crippen molar-refractivity contribution < 1.29 is 0 Å². The van der Waals surface area contributed by atoms with Crippen molar-refractivity contribution in [1.82, 2.24) is 0 Å². The Hall–Kier alpha value is -1.56. The second-order valence-corrected chi connectivity index (χ2v) is 4.86. The van der Waals surface area contributed by atoms with Crippen LogP contribution in [0.15, 0.2) is 54.1 Å². The molecule has 0 aromatic heterocycles. The molecule has 86 valence electrons. The number of hydrogen-bond donors (Lipinski definition) is 0. The summed E-state index contributed by atoms with van der Waals surface area (Å²) < 4.78 is 0. The fourth-order valence-electron chi connectivity index (χ4n) is 2.73. The molecule has 2 aliphatic carbocycles. The van der Waals surface area contributed by atoms with Crippen LogP contribution in [-0.2, 0) is 0 Å². The van der Waals surface area contributed by atoms with E-state index < -0.39 is 0 Å². The molecular formula is C17H18. The maximum absolute atomic E-state index is 2.42. The Labute approximate surface area is 103 Å². The van der Waals surface area contributed by atoms with Crippen LogP contribution in [0.3, 0.4) is 0 Å². The van der Waals surface area contributed by atoms with Crippen LogP contribution in [0, 0.1) is 0 Å². The van der Waals surface area contributed by atoms with Crippen molar-refractivity contribution in [2.24, 2.45) is 0 Å². The maximum Gasteiger partial charge on any atom is 0.0275 e. The van der Waals surface area contributed by atoms with Crippen LogP contribution in [0.5, 0.6) is 0 Å². The Kier molecular flexibility index (Phi) is 2.96. The van der Waals surface area contributed by atoms with Crippen molar-refractivity contribution >= 4 is 6.08 Å². The van der Waals surface area contributed by atoms with Crippen LogP contribution >= 0.6 is 0 Å². The molecule has 0 heteroatoms. The first-order chi connectivity index (χ1) is 8.45. The number of allylic oxidation sites excluding steroid dienone is 5. The van der Waals surface area contributed by atoms with Crippen molar-refractivity contribution in [3.8, 4) is 0 Å². The third-order valence-electron chi connectivity index (χ3n) is 3.67. The third-order valence-corrected chi connectivity index (χ3v) is 3.67. The maximum atomic E-state index is 2.42. The predicted octanol–water partition coefficient (Wildman–Crippen LogP) is 4.85. The highest BCUT2D eigenvalue weighted by molar-refractivity contribution is 5.65. The molecule has 0 spiro atoms. The predicted molar refractivity (Wildman–Crippen MR) is 73.9 cm³/mol. The minimum atomic E-state index is 0.487. The Morgan fingerprint density at radius 3 is 2.82 bits per heavy atom. The van der Waals surface area contributed by atoms with Gasteiger partial charge in [-0.2, -0.15) is 0 Å². The van der Waals surface area contributed by atoms with Crippen molar-refractivity contribution in [3.05, 3.63) is 65.3 Å². The van der Waals surface area contributed by atoms with Gasteiger partial charge in [0.2, 0.25) is 0 Å². The highest BCUT2D eigenvalue weighted by Crippen LogP contribution is 2.36. The molecule has 0 saturated carbocycles. The minimum absolute atomic E-state index is 0.487. The van der Waals surface area contributed by atoms with E-state index in [0.29, 0.717) is 5.92 Å². The van der Waals surface area contributed by atoms with Gasteiger partial charge in [0.25, 0.3) is 0 Å². The van der Waals surface area contributed by atoms with E-state index in [9.17, 15) is 0 Å². The molecule has 0 N–H and O–H groups in total. The van der Waals surface area contributed by atoms with Gasteiger partial charge in [-0.1, -0.05) is 54.6 Å². The van der Waals surface area contributed by atoms with Crippen molar-refractivity contribution in [2.45, 2.75) is 31.6 Å². The van der Waals surface area contributed by atoms with Gasteiger partial charge in [0.05, 0.1) is 0 Å². The van der Waals surface area contributed by atoms with Gasteiger partial charge in [-0.05, 0) is 42.4 Å². The minimum Gasteiger partial charge on any atom is -0.0842 e. The summed E-state index contributed by atoms with van der Waals surface area (Å²) in [5.74, 6) is 0.487. The lowest BCUT2D eigenvalue weighted by Gasteiger charge is -2.14. The summed E-state index contributed by atoms with van der Waals surface area (Å²) in [6, 6.07) is 8.73. The molecule has 1 aromatic carbocycles. The van der Waals surface area contributed by atoms with Gasteiger partial charge in [0.15, 0.2) is 0 Å². The van der Waals surface area contributed by atoms with Crippen molar-refractivity contribution in [3.63, 3.8) is 0 Å². The lowest BCUT2D eigenvalue weighted by Crippen LogP contribution is -1.97. The summed E-state index contributed by atoms with van der Waals surface area (Å²) in [6.07, 6.45) is 16.8. The van der Waals surface area contributed by atoms with E-state index in [0.717, 1.165) is 0 Å². The normalized spacial score (nSPS) is 24.7. The van der Waals surface area contributed by atoms with Gasteiger partial charge in [-0.3, -0.25) is 0 Å². The van der Waals surface area contributed by atoms with E-state index in [4.69, 9.17) is 0 Å². The second-order valence-electron chi connectivity index (χ2n) is 4.86. The van der Waals surface area contributed by atoms with E-state index in [1.807, 2.05) is 0 Å². The number of benzene rings is 1. The fraction of sp³-hybridized carbons (Fsp3) is 0.294. The van der Waals surface area contributed by atoms with Crippen molar-refractivity contribution in [1.29, 1.82) is 0 Å². The molecule has 1 atom stereocenters. The van der Waals surface area contributed by atoms with Crippen LogP contribution in [-0.4, -0.2) is 0 Å². The average molecular weight is 222 g/mol. The molecule has 3 rings (SSSR count). The van der Waals surface area contributed by atoms with E-state index in [-0.39, 0.29) is 0 Å². The summed E-state index contributed by atoms with van der Waals surface area (Å²) in [5.41, 5.74) is 4.32. The van der Waals surface area contributed by atoms with E-state index in [1.165, 1.54) is 42.4 Å². The smallest absolute Gasteiger partial charge is 0.0275 e. The molecular weight excluding hydrogens is 204 g/mol. The van der Waals surface area contributed by atoms with Gasteiger partial charge < -0.3 is 0 Å². The van der Waals surface area contributed by atoms with Crippen molar-refractivity contribution in [2.75, 3.05) is 0 Å². The lowest BCUT2D eigenvalue weighted by molar-refractivity contribution is 0.750. The molecule has 0 heterocycles. The molecule has 0 bridgehead atoms. The molecule has 0 amide bonds. The first kappa shape index (κ1) is 10.6. The summed E-state index contributed by atoms with van der Waals surface area (Å²) >= 11 is 0. The van der Waals surface area contributed by atoms with Crippen LogP contribution in [0.25, 0.3) is 6.08 Å². The monoisotopic (exact) mass is 222 g/mol. The van der Waals surface area contributed by atoms with Crippen LogP contribution in [0.2, 0.25) is 0 Å².